The second-order valence-corrected chi connectivity index (χ2v) is 4.14. The van der Waals surface area contributed by atoms with Crippen molar-refractivity contribution >= 4 is 5.97 Å². The first kappa shape index (κ1) is 18.6. The molecule has 0 N–H and O–H groups in total. The number of nitriles is 1. The Labute approximate surface area is 126 Å². The van der Waals surface area contributed by atoms with Crippen molar-refractivity contribution in [3.63, 3.8) is 0 Å². The number of alkyl halides is 6. The highest BCUT2D eigenvalue weighted by atomic mass is 19.4. The highest BCUT2D eigenvalue weighted by molar-refractivity contribution is 5.73. The van der Waals surface area contributed by atoms with Gasteiger partial charge in [0.05, 0.1) is 24.2 Å². The molecule has 0 heterocycles. The number of carbonyl (C=O) groups is 1. The summed E-state index contributed by atoms with van der Waals surface area (Å²) in [6.07, 6.45) is -11.2. The summed E-state index contributed by atoms with van der Waals surface area (Å²) >= 11 is 0. The molecule has 0 amide bonds. The van der Waals surface area contributed by atoms with Crippen molar-refractivity contribution in [2.45, 2.75) is 25.9 Å². The molecule has 1 aromatic rings. The van der Waals surface area contributed by atoms with Gasteiger partial charge < -0.3 is 9.47 Å². The minimum atomic E-state index is -5.27. The summed E-state index contributed by atoms with van der Waals surface area (Å²) in [6, 6.07) is 1.87. The zero-order valence-electron chi connectivity index (χ0n) is 11.5. The van der Waals surface area contributed by atoms with E-state index in [1.165, 1.54) is 13.0 Å². The molecule has 126 valence electrons. The number of nitrogens with zero attached hydrogens (tertiary/aromatic N) is 1. The van der Waals surface area contributed by atoms with Crippen molar-refractivity contribution in [2.24, 2.45) is 0 Å². The molecule has 1 aromatic carbocycles. The molecule has 0 unspecified atom stereocenters. The fraction of sp³-hybridized carbons (Fsp3) is 0.385. The zero-order chi connectivity index (χ0) is 17.8. The fourth-order valence-electron chi connectivity index (χ4n) is 1.70. The Kier molecular flexibility index (Phi) is 5.47. The molecular weight excluding hydrogens is 332 g/mol. The van der Waals surface area contributed by atoms with Gasteiger partial charge in [0.1, 0.15) is 11.8 Å². The maximum atomic E-state index is 13.0. The lowest BCUT2D eigenvalue weighted by molar-refractivity contribution is -0.274. The van der Waals surface area contributed by atoms with Crippen LogP contribution in [0.3, 0.4) is 0 Å². The van der Waals surface area contributed by atoms with Crippen LogP contribution in [0, 0.1) is 11.3 Å². The van der Waals surface area contributed by atoms with Crippen molar-refractivity contribution in [3.05, 3.63) is 28.8 Å². The normalized spacial score (nSPS) is 11.7. The molecule has 0 spiro atoms. The lowest BCUT2D eigenvalue weighted by atomic mass is 10.00. The molecule has 4 nitrogen and oxygen atoms in total. The van der Waals surface area contributed by atoms with Gasteiger partial charge in [0.2, 0.25) is 0 Å². The number of hydrogen-bond donors (Lipinski definition) is 0. The fourth-order valence-corrected chi connectivity index (χ4v) is 1.70. The maximum absolute atomic E-state index is 13.0. The first-order chi connectivity index (χ1) is 10.5. The van der Waals surface area contributed by atoms with Crippen molar-refractivity contribution in [3.8, 4) is 11.8 Å². The third kappa shape index (κ3) is 5.36. The van der Waals surface area contributed by atoms with Gasteiger partial charge in [0, 0.05) is 0 Å². The van der Waals surface area contributed by atoms with E-state index in [-0.39, 0.29) is 12.7 Å². The third-order valence-corrected chi connectivity index (χ3v) is 2.50. The maximum Gasteiger partial charge on any atom is 0.573 e. The van der Waals surface area contributed by atoms with Crippen LogP contribution in [0.1, 0.15) is 23.6 Å². The largest absolute Gasteiger partial charge is 0.573 e. The Bertz CT molecular complexity index is 630. The van der Waals surface area contributed by atoms with E-state index >= 15 is 0 Å². The van der Waals surface area contributed by atoms with E-state index in [4.69, 9.17) is 5.26 Å². The van der Waals surface area contributed by atoms with Crippen LogP contribution < -0.4 is 4.74 Å². The van der Waals surface area contributed by atoms with Gasteiger partial charge in [-0.2, -0.15) is 18.4 Å². The van der Waals surface area contributed by atoms with Crippen LogP contribution in [0.25, 0.3) is 0 Å². The van der Waals surface area contributed by atoms with Crippen LogP contribution >= 0.6 is 0 Å². The molecule has 0 aliphatic carbocycles. The van der Waals surface area contributed by atoms with Gasteiger partial charge in [0.15, 0.2) is 0 Å². The average Bonchev–Trinajstić information content (AvgIpc) is 2.37. The van der Waals surface area contributed by atoms with Gasteiger partial charge in [0.25, 0.3) is 0 Å². The van der Waals surface area contributed by atoms with Gasteiger partial charge in [-0.3, -0.25) is 4.79 Å². The number of esters is 1. The van der Waals surface area contributed by atoms with E-state index in [2.05, 4.69) is 9.47 Å². The molecule has 0 aliphatic rings. The summed E-state index contributed by atoms with van der Waals surface area (Å²) < 4.78 is 83.4. The van der Waals surface area contributed by atoms with E-state index < -0.39 is 47.4 Å². The van der Waals surface area contributed by atoms with E-state index in [0.717, 1.165) is 0 Å². The summed E-state index contributed by atoms with van der Waals surface area (Å²) in [5.74, 6) is -2.30. The molecule has 0 aliphatic heterocycles. The number of benzene rings is 1. The molecule has 0 bridgehead atoms. The standard InChI is InChI=1S/C13H9F6NO3/c1-2-22-11(21)4-7-3-8(6-20)10(23-13(17,18)19)5-9(7)12(14,15)16/h3,5H,2,4H2,1H3. The molecular formula is C13H9F6NO3. The number of ether oxygens (including phenoxy) is 2. The summed E-state index contributed by atoms with van der Waals surface area (Å²) in [7, 11) is 0. The van der Waals surface area contributed by atoms with Crippen LogP contribution in [0.5, 0.6) is 5.75 Å². The number of hydrogen-bond acceptors (Lipinski definition) is 4. The highest BCUT2D eigenvalue weighted by Crippen LogP contribution is 2.38. The van der Waals surface area contributed by atoms with Crippen molar-refractivity contribution < 1.29 is 40.6 Å². The Morgan fingerprint density at radius 1 is 1.22 bits per heavy atom. The molecule has 0 aromatic heterocycles. The van der Waals surface area contributed by atoms with Crippen molar-refractivity contribution in [1.29, 1.82) is 5.26 Å². The summed E-state index contributed by atoms with van der Waals surface area (Å²) in [6.45, 7) is 1.35. The Morgan fingerprint density at radius 2 is 1.83 bits per heavy atom. The second-order valence-electron chi connectivity index (χ2n) is 4.14. The van der Waals surface area contributed by atoms with Crippen LogP contribution in [0.2, 0.25) is 0 Å². The molecule has 0 radical (unpaired) electrons. The number of carbonyl (C=O) groups excluding carboxylic acids is 1. The second kappa shape index (κ2) is 6.76. The minimum Gasteiger partial charge on any atom is -0.466 e. The summed E-state index contributed by atoms with van der Waals surface area (Å²) in [4.78, 5) is 11.3. The zero-order valence-corrected chi connectivity index (χ0v) is 11.5. The predicted octanol–water partition coefficient (Wildman–Crippen LogP) is 3.58. The van der Waals surface area contributed by atoms with E-state index in [1.807, 2.05) is 0 Å². The monoisotopic (exact) mass is 341 g/mol. The molecule has 23 heavy (non-hydrogen) atoms. The van der Waals surface area contributed by atoms with Gasteiger partial charge in [-0.05, 0) is 24.6 Å². The molecule has 0 saturated carbocycles. The Balaban J connectivity index is 3.40. The van der Waals surface area contributed by atoms with Crippen molar-refractivity contribution in [2.75, 3.05) is 6.61 Å². The SMILES string of the molecule is CCOC(=O)Cc1cc(C#N)c(OC(F)(F)F)cc1C(F)(F)F. The topological polar surface area (TPSA) is 59.3 Å². The number of halogens is 6. The van der Waals surface area contributed by atoms with Crippen LogP contribution in [-0.4, -0.2) is 18.9 Å². The van der Waals surface area contributed by atoms with E-state index in [0.29, 0.717) is 6.07 Å². The first-order valence-corrected chi connectivity index (χ1v) is 6.03. The smallest absolute Gasteiger partial charge is 0.466 e. The minimum absolute atomic E-state index is 0.0423. The van der Waals surface area contributed by atoms with Gasteiger partial charge in [-0.1, -0.05) is 0 Å². The van der Waals surface area contributed by atoms with Crippen LogP contribution in [0.4, 0.5) is 26.3 Å². The predicted molar refractivity (Wildman–Crippen MR) is 63.2 cm³/mol. The molecule has 0 fully saturated rings. The molecule has 0 saturated heterocycles. The van der Waals surface area contributed by atoms with E-state index in [1.54, 1.807) is 0 Å². The number of rotatable bonds is 4. The Hall–Kier alpha value is -2.44. The molecule has 0 atom stereocenters. The van der Waals surface area contributed by atoms with Gasteiger partial charge >= 0.3 is 18.5 Å². The van der Waals surface area contributed by atoms with Crippen molar-refractivity contribution in [1.82, 2.24) is 0 Å². The van der Waals surface area contributed by atoms with Crippen LogP contribution in [-0.2, 0) is 22.1 Å². The van der Waals surface area contributed by atoms with Crippen LogP contribution in [0.15, 0.2) is 12.1 Å². The highest BCUT2D eigenvalue weighted by Gasteiger charge is 2.38. The Morgan fingerprint density at radius 3 is 2.26 bits per heavy atom. The third-order valence-electron chi connectivity index (χ3n) is 2.50. The summed E-state index contributed by atoms with van der Waals surface area (Å²) in [5.41, 5.74) is -2.97. The first-order valence-electron chi connectivity index (χ1n) is 6.03. The van der Waals surface area contributed by atoms with E-state index in [9.17, 15) is 31.1 Å². The summed E-state index contributed by atoms with van der Waals surface area (Å²) in [5, 5.41) is 8.78. The van der Waals surface area contributed by atoms with Gasteiger partial charge in [-0.25, -0.2) is 0 Å². The lowest BCUT2D eigenvalue weighted by Gasteiger charge is -2.17. The molecule has 1 rings (SSSR count). The quantitative estimate of drug-likeness (QED) is 0.620. The lowest BCUT2D eigenvalue weighted by Crippen LogP contribution is -2.20. The molecule has 10 heteroatoms. The average molecular weight is 341 g/mol. The van der Waals surface area contributed by atoms with Gasteiger partial charge in [-0.15, -0.1) is 13.2 Å².